The molecule has 5 aromatic rings. The normalized spacial score (nSPS) is 14.3. The third-order valence-electron chi connectivity index (χ3n) is 7.29. The predicted molar refractivity (Wildman–Crippen MR) is 144 cm³/mol. The van der Waals surface area contributed by atoms with Crippen molar-refractivity contribution in [1.82, 2.24) is 10.3 Å². The maximum absolute atomic E-state index is 12.4. The van der Waals surface area contributed by atoms with Gasteiger partial charge in [-0.2, -0.15) is 0 Å². The van der Waals surface area contributed by atoms with Crippen molar-refractivity contribution in [3.63, 3.8) is 0 Å². The number of nitrogens with one attached hydrogen (secondary N) is 2. The van der Waals surface area contributed by atoms with E-state index in [1.54, 1.807) is 0 Å². The number of rotatable bonds is 7. The standard InChI is InChI=1S/C31H28N2O4/c34-29(30(35)19-13-14-28-25(17-19)24-11-5-6-12-27(24)33-28)15-16-32-31(36)37-18-26-22-9-3-1-7-20(22)21-8-2-4-10-23(21)26/h1-14,17,26,29-30,33-35H,15-16,18H2,(H,32,36). The van der Waals surface area contributed by atoms with Crippen molar-refractivity contribution in [1.29, 1.82) is 0 Å². The van der Waals surface area contributed by atoms with E-state index in [1.807, 2.05) is 66.7 Å². The van der Waals surface area contributed by atoms with Crippen LogP contribution < -0.4 is 5.32 Å². The predicted octanol–water partition coefficient (Wildman–Crippen LogP) is 5.64. The molecule has 0 aliphatic heterocycles. The summed E-state index contributed by atoms with van der Waals surface area (Å²) in [5, 5.41) is 26.1. The van der Waals surface area contributed by atoms with Crippen LogP contribution in [-0.2, 0) is 4.74 Å². The minimum absolute atomic E-state index is 0.00927. The number of hydrogen-bond donors (Lipinski definition) is 4. The molecule has 6 nitrogen and oxygen atoms in total. The van der Waals surface area contributed by atoms with Gasteiger partial charge in [-0.15, -0.1) is 0 Å². The number of ether oxygens (including phenoxy) is 1. The highest BCUT2D eigenvalue weighted by molar-refractivity contribution is 6.07. The lowest BCUT2D eigenvalue weighted by Crippen LogP contribution is -2.30. The summed E-state index contributed by atoms with van der Waals surface area (Å²) in [4.78, 5) is 15.8. The first-order valence-electron chi connectivity index (χ1n) is 12.6. The zero-order chi connectivity index (χ0) is 25.4. The molecule has 0 fully saturated rings. The lowest BCUT2D eigenvalue weighted by Gasteiger charge is -2.19. The largest absolute Gasteiger partial charge is 0.449 e. The highest BCUT2D eigenvalue weighted by Crippen LogP contribution is 2.44. The van der Waals surface area contributed by atoms with E-state index in [-0.39, 0.29) is 25.5 Å². The highest BCUT2D eigenvalue weighted by Gasteiger charge is 2.29. The van der Waals surface area contributed by atoms with Crippen LogP contribution in [0.5, 0.6) is 0 Å². The molecule has 0 radical (unpaired) electrons. The number of aromatic nitrogens is 1. The number of fused-ring (bicyclic) bond motifs is 6. The van der Waals surface area contributed by atoms with Crippen LogP contribution in [0, 0.1) is 0 Å². The molecule has 6 heteroatoms. The topological polar surface area (TPSA) is 94.6 Å². The van der Waals surface area contributed by atoms with Gasteiger partial charge in [-0.1, -0.05) is 72.8 Å². The Balaban J connectivity index is 1.04. The molecule has 4 N–H and O–H groups in total. The van der Waals surface area contributed by atoms with Gasteiger partial charge in [0.15, 0.2) is 0 Å². The van der Waals surface area contributed by atoms with Crippen LogP contribution in [-0.4, -0.2) is 40.5 Å². The van der Waals surface area contributed by atoms with Crippen LogP contribution in [0.4, 0.5) is 4.79 Å². The van der Waals surface area contributed by atoms with E-state index in [2.05, 4.69) is 34.6 Å². The fraction of sp³-hybridized carbons (Fsp3) is 0.194. The molecule has 1 aliphatic rings. The third kappa shape index (κ3) is 4.35. The first-order chi connectivity index (χ1) is 18.1. The zero-order valence-corrected chi connectivity index (χ0v) is 20.2. The summed E-state index contributed by atoms with van der Waals surface area (Å²) in [6, 6.07) is 30.0. The number of benzene rings is 4. The molecule has 4 aromatic carbocycles. The molecule has 0 spiro atoms. The van der Waals surface area contributed by atoms with Crippen molar-refractivity contribution >= 4 is 27.9 Å². The molecule has 0 saturated heterocycles. The maximum Gasteiger partial charge on any atom is 0.407 e. The molecule has 2 unspecified atom stereocenters. The number of aliphatic hydroxyl groups excluding tert-OH is 2. The second-order valence-corrected chi connectivity index (χ2v) is 9.53. The summed E-state index contributed by atoms with van der Waals surface area (Å²) < 4.78 is 5.55. The summed E-state index contributed by atoms with van der Waals surface area (Å²) >= 11 is 0. The SMILES string of the molecule is O=C(NCCC(O)C(O)c1ccc2[nH]c3ccccc3c2c1)OCC1c2ccccc2-c2ccccc21. The zero-order valence-electron chi connectivity index (χ0n) is 20.2. The molecule has 186 valence electrons. The quantitative estimate of drug-likeness (QED) is 0.236. The number of alkyl carbamates (subject to hydrolysis) is 1. The number of H-pyrrole nitrogens is 1. The van der Waals surface area contributed by atoms with Crippen molar-refractivity contribution in [2.75, 3.05) is 13.2 Å². The van der Waals surface area contributed by atoms with Crippen LogP contribution in [0.1, 0.15) is 35.1 Å². The fourth-order valence-corrected chi connectivity index (χ4v) is 5.40. The Morgan fingerprint density at radius 2 is 1.49 bits per heavy atom. The summed E-state index contributed by atoms with van der Waals surface area (Å²) in [7, 11) is 0. The van der Waals surface area contributed by atoms with Crippen molar-refractivity contribution in [2.24, 2.45) is 0 Å². The number of aliphatic hydroxyl groups is 2. The molecular formula is C31H28N2O4. The Labute approximate surface area is 214 Å². The van der Waals surface area contributed by atoms with E-state index in [0.717, 1.165) is 32.9 Å². The van der Waals surface area contributed by atoms with Crippen molar-refractivity contribution in [3.8, 4) is 11.1 Å². The van der Waals surface area contributed by atoms with Crippen LogP contribution in [0.25, 0.3) is 32.9 Å². The van der Waals surface area contributed by atoms with Gasteiger partial charge in [0.1, 0.15) is 12.7 Å². The van der Waals surface area contributed by atoms with Crippen LogP contribution in [0.2, 0.25) is 0 Å². The average molecular weight is 493 g/mol. The minimum atomic E-state index is -1.07. The smallest absolute Gasteiger partial charge is 0.407 e. The molecule has 0 bridgehead atoms. The second kappa shape index (κ2) is 9.73. The molecule has 1 heterocycles. The van der Waals surface area contributed by atoms with Gasteiger partial charge in [0, 0.05) is 34.3 Å². The first-order valence-corrected chi connectivity index (χ1v) is 12.6. The van der Waals surface area contributed by atoms with E-state index >= 15 is 0 Å². The number of carbonyl (C=O) groups excluding carboxylic acids is 1. The monoisotopic (exact) mass is 492 g/mol. The lowest BCUT2D eigenvalue weighted by atomic mass is 9.98. The van der Waals surface area contributed by atoms with Crippen LogP contribution in [0.3, 0.4) is 0 Å². The third-order valence-corrected chi connectivity index (χ3v) is 7.29. The number of hydrogen-bond acceptors (Lipinski definition) is 4. The Morgan fingerprint density at radius 1 is 0.838 bits per heavy atom. The lowest BCUT2D eigenvalue weighted by molar-refractivity contribution is 0.0137. The number of para-hydroxylation sites is 1. The van der Waals surface area contributed by atoms with Gasteiger partial charge < -0.3 is 25.3 Å². The van der Waals surface area contributed by atoms with E-state index < -0.39 is 18.3 Å². The maximum atomic E-state index is 12.4. The van der Waals surface area contributed by atoms with E-state index in [1.165, 1.54) is 11.1 Å². The second-order valence-electron chi connectivity index (χ2n) is 9.53. The fourth-order valence-electron chi connectivity index (χ4n) is 5.40. The summed E-state index contributed by atoms with van der Waals surface area (Å²) in [5.41, 5.74) is 7.29. The first kappa shape index (κ1) is 23.3. The number of aromatic amines is 1. The Hall–Kier alpha value is -4.13. The molecule has 0 saturated carbocycles. The van der Waals surface area contributed by atoms with E-state index in [9.17, 15) is 15.0 Å². The van der Waals surface area contributed by atoms with Crippen LogP contribution in [0.15, 0.2) is 91.0 Å². The number of amides is 1. The molecule has 6 rings (SSSR count). The van der Waals surface area contributed by atoms with Gasteiger partial charge in [0.25, 0.3) is 0 Å². The van der Waals surface area contributed by atoms with E-state index in [4.69, 9.17) is 4.74 Å². The molecular weight excluding hydrogens is 464 g/mol. The van der Waals surface area contributed by atoms with Gasteiger partial charge in [-0.3, -0.25) is 0 Å². The summed E-state index contributed by atoms with van der Waals surface area (Å²) in [5.74, 6) is -0.00927. The van der Waals surface area contributed by atoms with E-state index in [0.29, 0.717) is 5.56 Å². The Kier molecular flexibility index (Phi) is 6.12. The summed E-state index contributed by atoms with van der Waals surface area (Å²) in [6.07, 6.45) is -2.44. The molecule has 1 amide bonds. The van der Waals surface area contributed by atoms with Gasteiger partial charge in [-0.05, 0) is 52.4 Å². The summed E-state index contributed by atoms with van der Waals surface area (Å²) in [6.45, 7) is 0.417. The van der Waals surface area contributed by atoms with Gasteiger partial charge in [0.2, 0.25) is 0 Å². The van der Waals surface area contributed by atoms with Crippen molar-refractivity contribution in [3.05, 3.63) is 108 Å². The van der Waals surface area contributed by atoms with Gasteiger partial charge in [0.05, 0.1) is 6.10 Å². The number of carbonyl (C=O) groups is 1. The average Bonchev–Trinajstić information content (AvgIpc) is 3.46. The Morgan fingerprint density at radius 3 is 2.24 bits per heavy atom. The van der Waals surface area contributed by atoms with Gasteiger partial charge in [-0.25, -0.2) is 4.79 Å². The van der Waals surface area contributed by atoms with Crippen molar-refractivity contribution < 1.29 is 19.7 Å². The van der Waals surface area contributed by atoms with Crippen LogP contribution >= 0.6 is 0 Å². The van der Waals surface area contributed by atoms with Gasteiger partial charge >= 0.3 is 6.09 Å². The molecule has 2 atom stereocenters. The molecule has 1 aromatic heterocycles. The highest BCUT2D eigenvalue weighted by atomic mass is 16.5. The molecule has 1 aliphatic carbocycles. The molecule has 37 heavy (non-hydrogen) atoms. The Bertz CT molecular complexity index is 1550. The minimum Gasteiger partial charge on any atom is -0.449 e. The van der Waals surface area contributed by atoms with Crippen molar-refractivity contribution in [2.45, 2.75) is 24.5 Å².